The molecule has 1 N–H and O–H groups in total. The van der Waals surface area contributed by atoms with Crippen LogP contribution in [0.4, 0.5) is 4.39 Å². The Bertz CT molecular complexity index is 566. The molecule has 0 aromatic heterocycles. The van der Waals surface area contributed by atoms with Crippen LogP contribution in [0.15, 0.2) is 12.1 Å². The van der Waals surface area contributed by atoms with Gasteiger partial charge in [0.1, 0.15) is 5.82 Å². The van der Waals surface area contributed by atoms with Crippen molar-refractivity contribution in [2.24, 2.45) is 11.8 Å². The van der Waals surface area contributed by atoms with Crippen molar-refractivity contribution in [2.75, 3.05) is 13.1 Å². The number of carbonyl (C=O) groups is 1. The normalized spacial score (nSPS) is 28.8. The molecule has 3 nitrogen and oxygen atoms in total. The number of hydrogen-bond donors (Lipinski definition) is 1. The second kappa shape index (κ2) is 5.17. The molecule has 3 rings (SSSR count). The Morgan fingerprint density at radius 1 is 1.25 bits per heavy atom. The molecule has 3 unspecified atom stereocenters. The maximum absolute atomic E-state index is 13.5. The van der Waals surface area contributed by atoms with E-state index in [2.05, 4.69) is 0 Å². The van der Waals surface area contributed by atoms with Crippen molar-refractivity contribution in [1.29, 1.82) is 0 Å². The highest BCUT2D eigenvalue weighted by molar-refractivity contribution is 6.36. The first-order valence-corrected chi connectivity index (χ1v) is 7.35. The molecular weight excluding hydrogens is 304 g/mol. The van der Waals surface area contributed by atoms with Crippen LogP contribution in [0, 0.1) is 17.7 Å². The molecule has 1 amide bonds. The zero-order valence-electron chi connectivity index (χ0n) is 10.7. The van der Waals surface area contributed by atoms with Gasteiger partial charge in [0.25, 0.3) is 5.91 Å². The van der Waals surface area contributed by atoms with E-state index in [4.69, 9.17) is 23.2 Å². The van der Waals surface area contributed by atoms with Crippen LogP contribution >= 0.6 is 23.2 Å². The Morgan fingerprint density at radius 2 is 2.00 bits per heavy atom. The van der Waals surface area contributed by atoms with Crippen molar-refractivity contribution in [3.05, 3.63) is 33.6 Å². The van der Waals surface area contributed by atoms with Crippen molar-refractivity contribution < 1.29 is 14.3 Å². The van der Waals surface area contributed by atoms with Crippen LogP contribution in [-0.2, 0) is 0 Å². The van der Waals surface area contributed by atoms with Crippen molar-refractivity contribution >= 4 is 29.1 Å². The topological polar surface area (TPSA) is 40.5 Å². The maximum Gasteiger partial charge on any atom is 0.255 e. The van der Waals surface area contributed by atoms with Gasteiger partial charge in [0.05, 0.1) is 21.7 Å². The number of benzene rings is 1. The summed E-state index contributed by atoms with van der Waals surface area (Å²) in [5.41, 5.74) is 0.128. The number of fused-ring (bicyclic) bond motifs is 1. The fraction of sp³-hybridized carbons (Fsp3) is 0.500. The van der Waals surface area contributed by atoms with Crippen LogP contribution in [0.1, 0.15) is 23.2 Å². The number of hydrogen-bond acceptors (Lipinski definition) is 2. The van der Waals surface area contributed by atoms with E-state index in [1.807, 2.05) is 0 Å². The third kappa shape index (κ3) is 2.30. The third-order valence-corrected chi connectivity index (χ3v) is 4.95. The van der Waals surface area contributed by atoms with E-state index in [0.29, 0.717) is 19.0 Å². The van der Waals surface area contributed by atoms with Crippen LogP contribution in [-0.4, -0.2) is 35.1 Å². The van der Waals surface area contributed by atoms with Crippen LogP contribution in [0.2, 0.25) is 10.0 Å². The van der Waals surface area contributed by atoms with Crippen LogP contribution in [0.3, 0.4) is 0 Å². The van der Waals surface area contributed by atoms with E-state index in [1.165, 1.54) is 6.07 Å². The van der Waals surface area contributed by atoms with Gasteiger partial charge in [-0.3, -0.25) is 4.79 Å². The van der Waals surface area contributed by atoms with Gasteiger partial charge in [-0.05, 0) is 30.9 Å². The number of rotatable bonds is 1. The lowest BCUT2D eigenvalue weighted by Gasteiger charge is -2.19. The van der Waals surface area contributed by atoms with E-state index in [-0.39, 0.29) is 33.5 Å². The van der Waals surface area contributed by atoms with Crippen molar-refractivity contribution in [1.82, 2.24) is 4.90 Å². The van der Waals surface area contributed by atoms with Gasteiger partial charge in [-0.1, -0.05) is 23.2 Å². The van der Waals surface area contributed by atoms with Crippen LogP contribution in [0.5, 0.6) is 0 Å². The zero-order valence-corrected chi connectivity index (χ0v) is 12.2. The highest BCUT2D eigenvalue weighted by atomic mass is 35.5. The second-order valence-electron chi connectivity index (χ2n) is 5.52. The van der Waals surface area contributed by atoms with Gasteiger partial charge in [-0.25, -0.2) is 4.39 Å². The summed E-state index contributed by atoms with van der Waals surface area (Å²) in [6.45, 7) is 1.10. The molecule has 1 saturated heterocycles. The van der Waals surface area contributed by atoms with Gasteiger partial charge < -0.3 is 10.0 Å². The average molecular weight is 318 g/mol. The Hall–Kier alpha value is -0.840. The van der Waals surface area contributed by atoms with E-state index in [1.54, 1.807) is 4.90 Å². The van der Waals surface area contributed by atoms with E-state index in [0.717, 1.165) is 18.9 Å². The van der Waals surface area contributed by atoms with Gasteiger partial charge in [-0.15, -0.1) is 0 Å². The summed E-state index contributed by atoms with van der Waals surface area (Å²) >= 11 is 11.6. The van der Waals surface area contributed by atoms with Crippen LogP contribution < -0.4 is 0 Å². The molecule has 2 aliphatic rings. The Labute approximate surface area is 126 Å². The predicted octanol–water partition coefficient (Wildman–Crippen LogP) is 2.98. The maximum atomic E-state index is 13.5. The van der Waals surface area contributed by atoms with Crippen molar-refractivity contribution in [2.45, 2.75) is 18.9 Å². The monoisotopic (exact) mass is 317 g/mol. The first kappa shape index (κ1) is 14.1. The molecule has 108 valence electrons. The number of likely N-dealkylation sites (tertiary alicyclic amines) is 1. The van der Waals surface area contributed by atoms with Gasteiger partial charge in [0.15, 0.2) is 0 Å². The summed E-state index contributed by atoms with van der Waals surface area (Å²) in [6.07, 6.45) is 1.39. The van der Waals surface area contributed by atoms with Gasteiger partial charge in [-0.2, -0.15) is 0 Å². The number of aliphatic hydroxyl groups excluding tert-OH is 1. The minimum Gasteiger partial charge on any atom is -0.393 e. The Morgan fingerprint density at radius 3 is 2.70 bits per heavy atom. The summed E-state index contributed by atoms with van der Waals surface area (Å²) in [7, 11) is 0. The highest BCUT2D eigenvalue weighted by Gasteiger charge is 2.43. The second-order valence-corrected chi connectivity index (χ2v) is 6.34. The summed E-state index contributed by atoms with van der Waals surface area (Å²) in [4.78, 5) is 14.1. The molecule has 1 aliphatic heterocycles. The number of amides is 1. The first-order chi connectivity index (χ1) is 9.47. The van der Waals surface area contributed by atoms with E-state index < -0.39 is 5.82 Å². The first-order valence-electron chi connectivity index (χ1n) is 6.59. The molecule has 0 spiro atoms. The van der Waals surface area contributed by atoms with Gasteiger partial charge in [0.2, 0.25) is 0 Å². The number of nitrogens with zero attached hydrogens (tertiary/aromatic N) is 1. The van der Waals surface area contributed by atoms with E-state index in [9.17, 15) is 14.3 Å². The summed E-state index contributed by atoms with van der Waals surface area (Å²) in [5.74, 6) is -0.481. The summed E-state index contributed by atoms with van der Waals surface area (Å²) < 4.78 is 13.5. The molecule has 0 bridgehead atoms. The standard InChI is InChI=1S/C14H14Cl2FNO2/c15-10-4-11(16)12(17)3-8(10)14(20)18-5-7-1-2-13(19)9(7)6-18/h3-4,7,9,13,19H,1-2,5-6H2. The molecular formula is C14H14Cl2FNO2. The van der Waals surface area contributed by atoms with Gasteiger partial charge >= 0.3 is 0 Å². The number of aliphatic hydroxyl groups is 1. The lowest BCUT2D eigenvalue weighted by molar-refractivity contribution is 0.0752. The molecule has 6 heteroatoms. The Balaban J connectivity index is 1.82. The van der Waals surface area contributed by atoms with Crippen molar-refractivity contribution in [3.63, 3.8) is 0 Å². The average Bonchev–Trinajstić information content (AvgIpc) is 2.96. The van der Waals surface area contributed by atoms with E-state index >= 15 is 0 Å². The quantitative estimate of drug-likeness (QED) is 0.809. The molecule has 1 saturated carbocycles. The molecule has 3 atom stereocenters. The number of halogens is 3. The summed E-state index contributed by atoms with van der Waals surface area (Å²) in [5, 5.41) is 9.92. The lowest BCUT2D eigenvalue weighted by Crippen LogP contribution is -2.31. The molecule has 20 heavy (non-hydrogen) atoms. The SMILES string of the molecule is O=C(c1cc(F)c(Cl)cc1Cl)N1CC2CCC(O)C2C1. The Kier molecular flexibility index (Phi) is 3.65. The molecule has 0 radical (unpaired) electrons. The van der Waals surface area contributed by atoms with Crippen LogP contribution in [0.25, 0.3) is 0 Å². The zero-order chi connectivity index (χ0) is 14.4. The molecule has 1 aromatic carbocycles. The lowest BCUT2D eigenvalue weighted by atomic mass is 10.00. The fourth-order valence-electron chi connectivity index (χ4n) is 3.26. The molecule has 2 fully saturated rings. The largest absolute Gasteiger partial charge is 0.393 e. The fourth-order valence-corrected chi connectivity index (χ4v) is 3.72. The minimum atomic E-state index is -0.654. The molecule has 1 heterocycles. The van der Waals surface area contributed by atoms with Crippen molar-refractivity contribution in [3.8, 4) is 0 Å². The molecule has 1 aromatic rings. The predicted molar refractivity (Wildman–Crippen MR) is 74.5 cm³/mol. The highest BCUT2D eigenvalue weighted by Crippen LogP contribution is 2.39. The third-order valence-electron chi connectivity index (χ3n) is 4.35. The van der Waals surface area contributed by atoms with Gasteiger partial charge in [0, 0.05) is 19.0 Å². The minimum absolute atomic E-state index is 0.0970. The summed E-state index contributed by atoms with van der Waals surface area (Å²) in [6, 6.07) is 2.33. The molecule has 1 aliphatic carbocycles. The smallest absolute Gasteiger partial charge is 0.255 e. The number of carbonyl (C=O) groups excluding carboxylic acids is 1.